The summed E-state index contributed by atoms with van der Waals surface area (Å²) in [5.74, 6) is -1.60. The minimum Gasteiger partial charge on any atom is -0.391 e. The number of halogens is 4. The lowest BCUT2D eigenvalue weighted by Gasteiger charge is -2.14. The fourth-order valence-electron chi connectivity index (χ4n) is 2.99. The lowest BCUT2D eigenvalue weighted by molar-refractivity contribution is -0.143. The van der Waals surface area contributed by atoms with E-state index >= 15 is 0 Å². The molecule has 3 N–H and O–H groups in total. The predicted octanol–water partition coefficient (Wildman–Crippen LogP) is 2.50. The van der Waals surface area contributed by atoms with E-state index in [0.717, 1.165) is 23.3 Å². The van der Waals surface area contributed by atoms with Crippen molar-refractivity contribution in [3.8, 4) is 23.5 Å². The van der Waals surface area contributed by atoms with E-state index < -0.39 is 35.3 Å². The first kappa shape index (κ1) is 24.1. The van der Waals surface area contributed by atoms with Crippen LogP contribution in [-0.2, 0) is 6.18 Å². The highest BCUT2D eigenvalue weighted by atomic mass is 35.5. The minimum atomic E-state index is -5.08. The molecule has 0 saturated carbocycles. The van der Waals surface area contributed by atoms with Crippen LogP contribution in [-0.4, -0.2) is 46.7 Å². The fraction of sp³-hybridized carbons (Fsp3) is 0.0526. The molecule has 17 heteroatoms. The number of alkyl halides is 3. The maximum atomic E-state index is 14.0. The summed E-state index contributed by atoms with van der Waals surface area (Å²) < 4.78 is 47.0. The Kier molecular flexibility index (Phi) is 6.23. The molecule has 4 aromatic heterocycles. The van der Waals surface area contributed by atoms with E-state index in [2.05, 4.69) is 35.3 Å². The Labute approximate surface area is 202 Å². The average Bonchev–Trinajstić information content (AvgIpc) is 3.50. The van der Waals surface area contributed by atoms with Crippen LogP contribution in [0.3, 0.4) is 0 Å². The summed E-state index contributed by atoms with van der Waals surface area (Å²) in [7, 11) is 0. The Morgan fingerprint density at radius 2 is 1.83 bits per heavy atom. The van der Waals surface area contributed by atoms with Crippen molar-refractivity contribution in [2.75, 3.05) is 5.32 Å². The SMILES string of the molecule is N#Cc1cc(NC(=O)c2cnn(-c3cc(OC(N)=O)ncc3Cl)c2C(F)(F)F)cnc1-n1nccn1. The summed E-state index contributed by atoms with van der Waals surface area (Å²) in [5, 5.41) is 22.7. The number of amides is 2. The number of pyridine rings is 2. The van der Waals surface area contributed by atoms with Crippen molar-refractivity contribution in [2.24, 2.45) is 5.73 Å². The monoisotopic (exact) mass is 518 g/mol. The van der Waals surface area contributed by atoms with Crippen LogP contribution in [0.15, 0.2) is 43.1 Å². The topological polar surface area (TPSA) is 180 Å². The lowest BCUT2D eigenvalue weighted by Crippen LogP contribution is -2.21. The highest BCUT2D eigenvalue weighted by Crippen LogP contribution is 2.36. The van der Waals surface area contributed by atoms with E-state index in [-0.39, 0.29) is 27.8 Å². The molecule has 0 bridgehead atoms. The van der Waals surface area contributed by atoms with Gasteiger partial charge in [-0.25, -0.2) is 19.4 Å². The van der Waals surface area contributed by atoms with Crippen molar-refractivity contribution >= 4 is 29.3 Å². The number of carbonyl (C=O) groups excluding carboxylic acids is 2. The number of aromatic nitrogens is 7. The molecule has 0 aromatic carbocycles. The second-order valence-corrected chi connectivity index (χ2v) is 7.10. The first-order valence-electron chi connectivity index (χ1n) is 9.45. The van der Waals surface area contributed by atoms with Gasteiger partial charge in [0.05, 0.1) is 52.9 Å². The van der Waals surface area contributed by atoms with Gasteiger partial charge in [-0.1, -0.05) is 11.6 Å². The number of nitrogens with one attached hydrogen (secondary N) is 1. The van der Waals surface area contributed by atoms with Gasteiger partial charge < -0.3 is 15.8 Å². The Balaban J connectivity index is 1.71. The maximum absolute atomic E-state index is 14.0. The number of hydrogen-bond donors (Lipinski definition) is 2. The highest BCUT2D eigenvalue weighted by molar-refractivity contribution is 6.32. The van der Waals surface area contributed by atoms with Crippen molar-refractivity contribution in [1.82, 2.24) is 34.7 Å². The van der Waals surface area contributed by atoms with Crippen molar-refractivity contribution < 1.29 is 27.5 Å². The summed E-state index contributed by atoms with van der Waals surface area (Å²) in [6.45, 7) is 0. The molecular weight excluding hydrogens is 509 g/mol. The number of nitriles is 1. The molecule has 4 heterocycles. The number of carbonyl (C=O) groups is 2. The van der Waals surface area contributed by atoms with E-state index in [0.29, 0.717) is 10.9 Å². The van der Waals surface area contributed by atoms with Crippen molar-refractivity contribution in [1.29, 1.82) is 5.26 Å². The molecule has 0 aliphatic rings. The molecule has 36 heavy (non-hydrogen) atoms. The zero-order valence-electron chi connectivity index (χ0n) is 17.4. The molecule has 2 amide bonds. The molecule has 182 valence electrons. The quantitative estimate of drug-likeness (QED) is 0.401. The zero-order valence-corrected chi connectivity index (χ0v) is 18.2. The summed E-state index contributed by atoms with van der Waals surface area (Å²) in [5.41, 5.74) is 2.03. The molecule has 4 aromatic rings. The fourth-order valence-corrected chi connectivity index (χ4v) is 3.18. The normalized spacial score (nSPS) is 11.1. The van der Waals surface area contributed by atoms with Crippen LogP contribution in [0.4, 0.5) is 23.7 Å². The third-order valence-corrected chi connectivity index (χ3v) is 4.67. The van der Waals surface area contributed by atoms with Crippen LogP contribution >= 0.6 is 11.6 Å². The Morgan fingerprint density at radius 3 is 2.47 bits per heavy atom. The maximum Gasteiger partial charge on any atom is 0.434 e. The van der Waals surface area contributed by atoms with Crippen molar-refractivity contribution in [3.05, 3.63) is 65.0 Å². The van der Waals surface area contributed by atoms with Gasteiger partial charge in [0.1, 0.15) is 11.6 Å². The van der Waals surface area contributed by atoms with Gasteiger partial charge in [0.2, 0.25) is 5.88 Å². The number of nitrogens with zero attached hydrogens (tertiary/aromatic N) is 8. The van der Waals surface area contributed by atoms with E-state index in [4.69, 9.17) is 17.3 Å². The predicted molar refractivity (Wildman–Crippen MR) is 113 cm³/mol. The van der Waals surface area contributed by atoms with E-state index in [1.54, 1.807) is 0 Å². The van der Waals surface area contributed by atoms with Crippen LogP contribution in [0.5, 0.6) is 5.88 Å². The van der Waals surface area contributed by atoms with Crippen molar-refractivity contribution in [3.63, 3.8) is 0 Å². The first-order valence-corrected chi connectivity index (χ1v) is 9.83. The van der Waals surface area contributed by atoms with Crippen LogP contribution in [0.1, 0.15) is 21.6 Å². The van der Waals surface area contributed by atoms with E-state index in [1.165, 1.54) is 18.5 Å². The molecule has 0 atom stereocenters. The van der Waals surface area contributed by atoms with Gasteiger partial charge in [0.25, 0.3) is 5.91 Å². The Morgan fingerprint density at radius 1 is 1.11 bits per heavy atom. The summed E-state index contributed by atoms with van der Waals surface area (Å²) >= 11 is 5.98. The largest absolute Gasteiger partial charge is 0.434 e. The summed E-state index contributed by atoms with van der Waals surface area (Å²) in [6, 6.07) is 3.93. The third-order valence-electron chi connectivity index (χ3n) is 4.38. The number of ether oxygens (including phenoxy) is 1. The summed E-state index contributed by atoms with van der Waals surface area (Å²) in [6.07, 6.45) is -0.924. The molecule has 0 unspecified atom stereocenters. The van der Waals surface area contributed by atoms with Crippen LogP contribution < -0.4 is 15.8 Å². The lowest BCUT2D eigenvalue weighted by atomic mass is 10.2. The van der Waals surface area contributed by atoms with Gasteiger partial charge in [0.15, 0.2) is 11.5 Å². The average molecular weight is 519 g/mol. The van der Waals surface area contributed by atoms with Crippen LogP contribution in [0.2, 0.25) is 5.02 Å². The molecule has 0 saturated heterocycles. The molecule has 0 aliphatic carbocycles. The highest BCUT2D eigenvalue weighted by Gasteiger charge is 2.41. The molecule has 0 aliphatic heterocycles. The smallest absolute Gasteiger partial charge is 0.391 e. The first-order chi connectivity index (χ1) is 17.1. The standard InChI is InChI=1S/C19H10ClF3N10O3/c20-12-8-26-14(36-18(25)35)4-13(12)32-15(19(21,22)23)11(7-30-32)17(34)31-10-3-9(5-24)16(27-6-10)33-28-1-2-29-33/h1-4,6-8H,(H2,25,35)(H,31,34). The molecule has 4 rings (SSSR count). The molecule has 13 nitrogen and oxygen atoms in total. The Bertz CT molecular complexity index is 1510. The second kappa shape index (κ2) is 9.31. The van der Waals surface area contributed by atoms with Gasteiger partial charge in [-0.2, -0.15) is 33.7 Å². The van der Waals surface area contributed by atoms with E-state index in [1.807, 2.05) is 6.07 Å². The number of rotatable bonds is 5. The van der Waals surface area contributed by atoms with Crippen LogP contribution in [0, 0.1) is 11.3 Å². The molecule has 0 fully saturated rings. The van der Waals surface area contributed by atoms with Crippen molar-refractivity contribution in [2.45, 2.75) is 6.18 Å². The zero-order chi connectivity index (χ0) is 26.0. The second-order valence-electron chi connectivity index (χ2n) is 6.69. The van der Waals surface area contributed by atoms with Crippen LogP contribution in [0.25, 0.3) is 11.5 Å². The molecule has 0 radical (unpaired) electrons. The third kappa shape index (κ3) is 4.76. The van der Waals surface area contributed by atoms with E-state index in [9.17, 15) is 28.0 Å². The number of hydrogen-bond acceptors (Lipinski definition) is 9. The van der Waals surface area contributed by atoms with Gasteiger partial charge in [-0.15, -0.1) is 4.80 Å². The molecular formula is C19H10ClF3N10O3. The van der Waals surface area contributed by atoms with Gasteiger partial charge in [0, 0.05) is 6.07 Å². The van der Waals surface area contributed by atoms with Gasteiger partial charge in [-0.3, -0.25) is 4.79 Å². The molecule has 0 spiro atoms. The Hall–Kier alpha value is -5.04. The summed E-state index contributed by atoms with van der Waals surface area (Å²) in [4.78, 5) is 32.5. The van der Waals surface area contributed by atoms with Gasteiger partial charge in [-0.05, 0) is 6.07 Å². The number of primary amides is 1. The van der Waals surface area contributed by atoms with Gasteiger partial charge >= 0.3 is 12.3 Å². The number of nitrogens with two attached hydrogens (primary N) is 1. The number of anilines is 1. The minimum absolute atomic E-state index is 0.0469.